The average Bonchev–Trinajstić information content (AvgIpc) is 2.78. The summed E-state index contributed by atoms with van der Waals surface area (Å²) in [4.78, 5) is 22.8. The molecule has 0 unspecified atom stereocenters. The number of hydrogen-bond donors (Lipinski definition) is 0. The van der Waals surface area contributed by atoms with Crippen molar-refractivity contribution in [2.75, 3.05) is 4.90 Å². The number of esters is 1. The fraction of sp³-hybridized carbons (Fsp3) is 0.346. The van der Waals surface area contributed by atoms with E-state index in [0.717, 1.165) is 5.69 Å². The van der Waals surface area contributed by atoms with Gasteiger partial charge in [-0.25, -0.2) is 4.79 Å². The van der Waals surface area contributed by atoms with Crippen molar-refractivity contribution in [1.29, 1.82) is 0 Å². The lowest BCUT2D eigenvalue weighted by atomic mass is 10.1. The smallest absolute Gasteiger partial charge is 0.387 e. The number of nitrogens with zero attached hydrogens (tertiary/aromatic N) is 3. The molecule has 7 nitrogen and oxygen atoms in total. The summed E-state index contributed by atoms with van der Waals surface area (Å²) in [5.41, 5.74) is 1.87. The van der Waals surface area contributed by atoms with Crippen LogP contribution in [0.5, 0.6) is 11.5 Å². The van der Waals surface area contributed by atoms with E-state index in [1.165, 1.54) is 6.07 Å². The minimum atomic E-state index is -2.98. The Morgan fingerprint density at radius 1 is 0.971 bits per heavy atom. The maximum atomic E-state index is 12.9. The van der Waals surface area contributed by atoms with Crippen molar-refractivity contribution in [3.8, 4) is 11.5 Å². The number of anilines is 2. The van der Waals surface area contributed by atoms with Gasteiger partial charge in [-0.2, -0.15) is 8.78 Å². The molecule has 9 heteroatoms. The Labute approximate surface area is 203 Å². The molecule has 3 rings (SSSR count). The molecule has 0 spiro atoms. The first-order valence-corrected chi connectivity index (χ1v) is 11.1. The van der Waals surface area contributed by atoms with Gasteiger partial charge >= 0.3 is 12.6 Å². The van der Waals surface area contributed by atoms with Gasteiger partial charge in [-0.1, -0.05) is 0 Å². The molecule has 0 N–H and O–H groups in total. The summed E-state index contributed by atoms with van der Waals surface area (Å²) in [7, 11) is 0. The molecule has 0 saturated carbocycles. The lowest BCUT2D eigenvalue weighted by Gasteiger charge is -2.26. The molecule has 0 bridgehead atoms. The lowest BCUT2D eigenvalue weighted by molar-refractivity contribution is -0.0519. The second-order valence-electron chi connectivity index (χ2n) is 9.01. The van der Waals surface area contributed by atoms with Crippen LogP contribution in [-0.4, -0.2) is 34.3 Å². The highest BCUT2D eigenvalue weighted by molar-refractivity contribution is 5.90. The number of ether oxygens (including phenoxy) is 3. The van der Waals surface area contributed by atoms with Gasteiger partial charge in [0.25, 0.3) is 0 Å². The van der Waals surface area contributed by atoms with Crippen molar-refractivity contribution < 1.29 is 27.8 Å². The minimum Gasteiger partial charge on any atom is -0.487 e. The molecule has 0 aliphatic heterocycles. The summed E-state index contributed by atoms with van der Waals surface area (Å²) in [5.74, 6) is -0.296. The normalized spacial score (nSPS) is 11.5. The summed E-state index contributed by atoms with van der Waals surface area (Å²) in [6.45, 7) is 6.36. The van der Waals surface area contributed by atoms with E-state index in [2.05, 4.69) is 14.7 Å². The van der Waals surface area contributed by atoms with Crippen molar-refractivity contribution in [3.05, 3.63) is 72.3 Å². The van der Waals surface area contributed by atoms with Gasteiger partial charge in [0.1, 0.15) is 5.60 Å². The van der Waals surface area contributed by atoms with E-state index >= 15 is 0 Å². The minimum absolute atomic E-state index is 0.0582. The van der Waals surface area contributed by atoms with Gasteiger partial charge in [-0.05, 0) is 71.0 Å². The topological polar surface area (TPSA) is 73.8 Å². The first-order valence-electron chi connectivity index (χ1n) is 11.1. The molecule has 0 atom stereocenters. The van der Waals surface area contributed by atoms with Gasteiger partial charge in [-0.3, -0.25) is 9.97 Å². The predicted octanol–water partition coefficient (Wildman–Crippen LogP) is 6.16. The van der Waals surface area contributed by atoms with E-state index in [0.29, 0.717) is 23.5 Å². The second-order valence-corrected chi connectivity index (χ2v) is 9.01. The van der Waals surface area contributed by atoms with Crippen LogP contribution in [0.25, 0.3) is 0 Å². The molecule has 2 aromatic carbocycles. The second kappa shape index (κ2) is 11.1. The average molecular weight is 486 g/mol. The van der Waals surface area contributed by atoms with Crippen molar-refractivity contribution >= 4 is 17.3 Å². The molecule has 0 amide bonds. The molecule has 186 valence electrons. The molecular weight excluding hydrogens is 456 g/mol. The highest BCUT2D eigenvalue weighted by atomic mass is 19.3. The van der Waals surface area contributed by atoms with Crippen molar-refractivity contribution in [2.24, 2.45) is 0 Å². The lowest BCUT2D eigenvalue weighted by Crippen LogP contribution is -2.24. The number of carbonyl (C=O) groups excluding carboxylic acids is 1. The first kappa shape index (κ1) is 25.9. The first-order chi connectivity index (χ1) is 16.5. The van der Waals surface area contributed by atoms with Gasteiger partial charge in [0.15, 0.2) is 11.5 Å². The molecule has 3 aromatic rings. The third-order valence-electron chi connectivity index (χ3n) is 4.57. The van der Waals surface area contributed by atoms with E-state index in [1.54, 1.807) is 89.6 Å². The van der Waals surface area contributed by atoms with Gasteiger partial charge in [0, 0.05) is 29.8 Å². The number of halogens is 2. The predicted molar refractivity (Wildman–Crippen MR) is 128 cm³/mol. The number of carbonyl (C=O) groups is 1. The highest BCUT2D eigenvalue weighted by Crippen LogP contribution is 2.37. The quantitative estimate of drug-likeness (QED) is 0.336. The van der Waals surface area contributed by atoms with Crippen molar-refractivity contribution in [2.45, 2.75) is 59.5 Å². The van der Waals surface area contributed by atoms with Gasteiger partial charge in [0.05, 0.1) is 30.1 Å². The summed E-state index contributed by atoms with van der Waals surface area (Å²) in [6, 6.07) is 11.6. The van der Waals surface area contributed by atoms with Crippen molar-refractivity contribution in [3.63, 3.8) is 0 Å². The Hall–Kier alpha value is -3.75. The molecule has 0 saturated heterocycles. The summed E-state index contributed by atoms with van der Waals surface area (Å²) < 4.78 is 41.7. The fourth-order valence-corrected chi connectivity index (χ4v) is 3.22. The summed E-state index contributed by atoms with van der Waals surface area (Å²) in [6.07, 6.45) is 4.55. The van der Waals surface area contributed by atoms with Gasteiger partial charge < -0.3 is 19.1 Å². The SMILES string of the molecule is CC(C)Oc1cc(N(Cc2cnccn2)c2ccc(C(=O)OC(C)(C)C)cc2)ccc1OC(F)F. The zero-order chi connectivity index (χ0) is 25.6. The van der Waals surface area contributed by atoms with Crippen LogP contribution in [0.3, 0.4) is 0 Å². The Balaban J connectivity index is 2.00. The largest absolute Gasteiger partial charge is 0.487 e. The highest BCUT2D eigenvalue weighted by Gasteiger charge is 2.20. The van der Waals surface area contributed by atoms with E-state index in [1.807, 2.05) is 4.90 Å². The molecule has 1 heterocycles. The Morgan fingerprint density at radius 3 is 2.23 bits per heavy atom. The van der Waals surface area contributed by atoms with Crippen LogP contribution in [0.4, 0.5) is 20.2 Å². The van der Waals surface area contributed by atoms with Crippen LogP contribution in [-0.2, 0) is 11.3 Å². The monoisotopic (exact) mass is 485 g/mol. The summed E-state index contributed by atoms with van der Waals surface area (Å²) >= 11 is 0. The molecule has 1 aromatic heterocycles. The molecule has 35 heavy (non-hydrogen) atoms. The van der Waals surface area contributed by atoms with Crippen LogP contribution < -0.4 is 14.4 Å². The zero-order valence-electron chi connectivity index (χ0n) is 20.4. The number of aromatic nitrogens is 2. The molecule has 0 fully saturated rings. The molecule has 0 aliphatic rings. The Bertz CT molecular complexity index is 1120. The maximum Gasteiger partial charge on any atom is 0.387 e. The van der Waals surface area contributed by atoms with Crippen molar-refractivity contribution in [1.82, 2.24) is 9.97 Å². The van der Waals surface area contributed by atoms with E-state index in [-0.39, 0.29) is 17.6 Å². The van der Waals surface area contributed by atoms with Gasteiger partial charge in [0.2, 0.25) is 0 Å². The third kappa shape index (κ3) is 7.63. The zero-order valence-corrected chi connectivity index (χ0v) is 20.4. The van der Waals surface area contributed by atoms with E-state index in [9.17, 15) is 13.6 Å². The molecular formula is C26H29F2N3O4. The maximum absolute atomic E-state index is 12.9. The number of alkyl halides is 2. The third-order valence-corrected chi connectivity index (χ3v) is 4.57. The molecule has 0 aliphatic carbocycles. The standard InChI is InChI=1S/C26H29F2N3O4/c1-17(2)33-23-14-21(10-11-22(23)34-25(27)28)31(16-19-15-29-12-13-30-19)20-8-6-18(7-9-20)24(32)35-26(3,4)5/h6-15,17,25H,16H2,1-5H3. The Kier molecular flexibility index (Phi) is 8.22. The van der Waals surface area contributed by atoms with Crippen LogP contribution in [0.1, 0.15) is 50.7 Å². The van der Waals surface area contributed by atoms with Gasteiger partial charge in [-0.15, -0.1) is 0 Å². The van der Waals surface area contributed by atoms with E-state index < -0.39 is 18.2 Å². The Morgan fingerprint density at radius 2 is 1.66 bits per heavy atom. The number of rotatable bonds is 9. The van der Waals surface area contributed by atoms with Crippen LogP contribution in [0, 0.1) is 0 Å². The summed E-state index contributed by atoms with van der Waals surface area (Å²) in [5, 5.41) is 0. The number of hydrogen-bond acceptors (Lipinski definition) is 7. The van der Waals surface area contributed by atoms with Crippen LogP contribution >= 0.6 is 0 Å². The fourth-order valence-electron chi connectivity index (χ4n) is 3.22. The van der Waals surface area contributed by atoms with Crippen LogP contribution in [0.2, 0.25) is 0 Å². The number of benzene rings is 2. The molecule has 0 radical (unpaired) electrons. The van der Waals surface area contributed by atoms with Crippen LogP contribution in [0.15, 0.2) is 61.1 Å². The van der Waals surface area contributed by atoms with E-state index in [4.69, 9.17) is 9.47 Å².